The first-order chi connectivity index (χ1) is 11.1. The molecular weight excluding hydrogens is 396 g/mol. The van der Waals surface area contributed by atoms with Gasteiger partial charge in [0.1, 0.15) is 16.0 Å². The number of rotatable bonds is 6. The minimum Gasteiger partial charge on any atom is -0.495 e. The van der Waals surface area contributed by atoms with Crippen LogP contribution in [0.25, 0.3) is 0 Å². The van der Waals surface area contributed by atoms with Gasteiger partial charge in [0.05, 0.1) is 14.2 Å². The van der Waals surface area contributed by atoms with Crippen molar-refractivity contribution < 1.29 is 14.3 Å². The van der Waals surface area contributed by atoms with Crippen molar-refractivity contribution in [2.45, 2.75) is 32.2 Å². The normalized spacial score (nSPS) is 14.7. The lowest BCUT2D eigenvalue weighted by atomic mass is 10.0. The molecule has 1 amide bonds. The molecule has 0 aromatic heterocycles. The first-order valence-corrected chi connectivity index (χ1v) is 8.84. The number of hydrogen-bond donors (Lipinski definition) is 1. The lowest BCUT2D eigenvalue weighted by molar-refractivity contribution is 0.0642. The first-order valence-electron chi connectivity index (χ1n) is 8.05. The summed E-state index contributed by atoms with van der Waals surface area (Å²) in [5.74, 6) is 1.26. The summed E-state index contributed by atoms with van der Waals surface area (Å²) in [6, 6.07) is 3.85. The molecule has 1 N–H and O–H groups in total. The Bertz CT molecular complexity index is 526. The van der Waals surface area contributed by atoms with Crippen molar-refractivity contribution in [1.29, 1.82) is 0 Å². The average Bonchev–Trinajstić information content (AvgIpc) is 2.60. The first kappa shape index (κ1) is 21.1. The third-order valence-electron chi connectivity index (χ3n) is 4.17. The van der Waals surface area contributed by atoms with Gasteiger partial charge in [-0.05, 0) is 60.4 Å². The van der Waals surface area contributed by atoms with Crippen molar-refractivity contribution in [2.24, 2.45) is 0 Å². The molecular formula is C17H26BrClN2O3. The monoisotopic (exact) mass is 420 g/mol. The minimum absolute atomic E-state index is 0. The van der Waals surface area contributed by atoms with Gasteiger partial charge < -0.3 is 19.7 Å². The Labute approximate surface area is 158 Å². The molecule has 0 radical (unpaired) electrons. The summed E-state index contributed by atoms with van der Waals surface area (Å²) in [6.07, 6.45) is 2.94. The van der Waals surface area contributed by atoms with E-state index in [9.17, 15) is 4.79 Å². The number of amides is 1. The van der Waals surface area contributed by atoms with Crippen LogP contribution in [0.15, 0.2) is 16.6 Å². The number of ether oxygens (including phenoxy) is 2. The van der Waals surface area contributed by atoms with Gasteiger partial charge in [-0.15, -0.1) is 12.4 Å². The van der Waals surface area contributed by atoms with Gasteiger partial charge in [-0.2, -0.15) is 0 Å². The van der Waals surface area contributed by atoms with Crippen LogP contribution in [0.2, 0.25) is 0 Å². The number of hydrogen-bond acceptors (Lipinski definition) is 4. The van der Waals surface area contributed by atoms with Crippen molar-refractivity contribution in [3.63, 3.8) is 0 Å². The Kier molecular flexibility index (Phi) is 8.87. The van der Waals surface area contributed by atoms with Crippen molar-refractivity contribution >= 4 is 34.2 Å². The second-order valence-corrected chi connectivity index (χ2v) is 6.47. The molecule has 1 aliphatic rings. The van der Waals surface area contributed by atoms with Gasteiger partial charge in [0.25, 0.3) is 5.91 Å². The highest BCUT2D eigenvalue weighted by Gasteiger charge is 2.26. The van der Waals surface area contributed by atoms with Gasteiger partial charge in [0.15, 0.2) is 0 Å². The number of piperidine rings is 1. The number of halogens is 2. The fourth-order valence-electron chi connectivity index (χ4n) is 2.97. The Morgan fingerprint density at radius 3 is 2.25 bits per heavy atom. The predicted molar refractivity (Wildman–Crippen MR) is 102 cm³/mol. The smallest absolute Gasteiger partial charge is 0.254 e. The summed E-state index contributed by atoms with van der Waals surface area (Å²) in [7, 11) is 3.18. The molecule has 0 spiro atoms. The SMILES string of the molecule is CCCN(C(=O)c1cc(OC)c(Br)c(OC)c1)C1CCNCC1.Cl. The fourth-order valence-corrected chi connectivity index (χ4v) is 3.52. The van der Waals surface area contributed by atoms with E-state index in [0.717, 1.165) is 43.4 Å². The summed E-state index contributed by atoms with van der Waals surface area (Å²) >= 11 is 3.45. The molecule has 2 rings (SSSR count). The molecule has 0 aliphatic carbocycles. The molecule has 1 fully saturated rings. The second kappa shape index (κ2) is 10.1. The third-order valence-corrected chi connectivity index (χ3v) is 4.95. The van der Waals surface area contributed by atoms with E-state index in [1.807, 2.05) is 4.90 Å². The molecule has 0 unspecified atom stereocenters. The van der Waals surface area contributed by atoms with Crippen LogP contribution >= 0.6 is 28.3 Å². The summed E-state index contributed by atoms with van der Waals surface area (Å²) < 4.78 is 11.4. The molecule has 24 heavy (non-hydrogen) atoms. The Morgan fingerprint density at radius 1 is 1.25 bits per heavy atom. The van der Waals surface area contributed by atoms with Crippen LogP contribution in [0.1, 0.15) is 36.5 Å². The molecule has 0 saturated carbocycles. The van der Waals surface area contributed by atoms with Gasteiger partial charge in [-0.3, -0.25) is 4.79 Å². The number of nitrogens with zero attached hydrogens (tertiary/aromatic N) is 1. The van der Waals surface area contributed by atoms with Crippen molar-refractivity contribution in [1.82, 2.24) is 10.2 Å². The lowest BCUT2D eigenvalue weighted by Gasteiger charge is -2.34. The van der Waals surface area contributed by atoms with Gasteiger partial charge in [-0.25, -0.2) is 0 Å². The van der Waals surface area contributed by atoms with Crippen LogP contribution in [0.4, 0.5) is 0 Å². The van der Waals surface area contributed by atoms with Crippen LogP contribution < -0.4 is 14.8 Å². The average molecular weight is 422 g/mol. The highest BCUT2D eigenvalue weighted by Crippen LogP contribution is 2.36. The fraction of sp³-hybridized carbons (Fsp3) is 0.588. The van der Waals surface area contributed by atoms with E-state index in [1.165, 1.54) is 0 Å². The number of carbonyl (C=O) groups is 1. The molecule has 1 aromatic rings. The topological polar surface area (TPSA) is 50.8 Å². The predicted octanol–water partition coefficient (Wildman–Crippen LogP) is 3.49. The molecule has 1 aromatic carbocycles. The highest BCUT2D eigenvalue weighted by atomic mass is 79.9. The molecule has 0 bridgehead atoms. The summed E-state index contributed by atoms with van der Waals surface area (Å²) in [6.45, 7) is 4.80. The Morgan fingerprint density at radius 2 is 1.79 bits per heavy atom. The highest BCUT2D eigenvalue weighted by molar-refractivity contribution is 9.10. The van der Waals surface area contributed by atoms with E-state index in [-0.39, 0.29) is 18.3 Å². The molecule has 5 nitrogen and oxygen atoms in total. The van der Waals surface area contributed by atoms with Crippen LogP contribution in [0.3, 0.4) is 0 Å². The van der Waals surface area contributed by atoms with E-state index in [1.54, 1.807) is 26.4 Å². The maximum absolute atomic E-state index is 13.1. The molecule has 7 heteroatoms. The summed E-state index contributed by atoms with van der Waals surface area (Å²) in [4.78, 5) is 15.1. The van der Waals surface area contributed by atoms with Crippen LogP contribution in [0, 0.1) is 0 Å². The van der Waals surface area contributed by atoms with Crippen LogP contribution in [-0.2, 0) is 0 Å². The molecule has 1 saturated heterocycles. The van der Waals surface area contributed by atoms with E-state index >= 15 is 0 Å². The number of nitrogens with one attached hydrogen (secondary N) is 1. The van der Waals surface area contributed by atoms with E-state index in [2.05, 4.69) is 28.2 Å². The van der Waals surface area contributed by atoms with Gasteiger partial charge in [-0.1, -0.05) is 6.92 Å². The zero-order valence-corrected chi connectivity index (χ0v) is 16.8. The molecule has 1 heterocycles. The van der Waals surface area contributed by atoms with E-state index in [4.69, 9.17) is 9.47 Å². The quantitative estimate of drug-likeness (QED) is 0.764. The van der Waals surface area contributed by atoms with Crippen molar-refractivity contribution in [3.8, 4) is 11.5 Å². The maximum atomic E-state index is 13.1. The van der Waals surface area contributed by atoms with Crippen molar-refractivity contribution in [2.75, 3.05) is 33.9 Å². The largest absolute Gasteiger partial charge is 0.495 e. The van der Waals surface area contributed by atoms with Crippen LogP contribution in [-0.4, -0.2) is 50.7 Å². The summed E-state index contributed by atoms with van der Waals surface area (Å²) in [5, 5.41) is 3.35. The van der Waals surface area contributed by atoms with Crippen LogP contribution in [0.5, 0.6) is 11.5 Å². The van der Waals surface area contributed by atoms with Crippen molar-refractivity contribution in [3.05, 3.63) is 22.2 Å². The molecule has 1 aliphatic heterocycles. The van der Waals surface area contributed by atoms with E-state index in [0.29, 0.717) is 23.1 Å². The zero-order valence-electron chi connectivity index (χ0n) is 14.4. The lowest BCUT2D eigenvalue weighted by Crippen LogP contribution is -2.46. The molecule has 136 valence electrons. The maximum Gasteiger partial charge on any atom is 0.254 e. The third kappa shape index (κ3) is 4.77. The van der Waals surface area contributed by atoms with Gasteiger partial charge in [0.2, 0.25) is 0 Å². The van der Waals surface area contributed by atoms with Gasteiger partial charge in [0, 0.05) is 18.2 Å². The Hall–Kier alpha value is -0.980. The zero-order chi connectivity index (χ0) is 16.8. The second-order valence-electron chi connectivity index (χ2n) is 5.67. The van der Waals surface area contributed by atoms with E-state index < -0.39 is 0 Å². The standard InChI is InChI=1S/C17H25BrN2O3.ClH/c1-4-9-20(13-5-7-19-8-6-13)17(21)12-10-14(22-2)16(18)15(11-12)23-3;/h10-11,13,19H,4-9H2,1-3H3;1H. The number of methoxy groups -OCH3 is 2. The molecule has 0 atom stereocenters. The number of benzene rings is 1. The number of carbonyl (C=O) groups excluding carboxylic acids is 1. The minimum atomic E-state index is 0. The summed E-state index contributed by atoms with van der Waals surface area (Å²) in [5.41, 5.74) is 0.605. The van der Waals surface area contributed by atoms with Gasteiger partial charge >= 0.3 is 0 Å². The Balaban J connectivity index is 0.00000288.